The van der Waals surface area contributed by atoms with Crippen molar-refractivity contribution in [1.82, 2.24) is 29.1 Å². The summed E-state index contributed by atoms with van der Waals surface area (Å²) in [5.41, 5.74) is 3.82. The fourth-order valence-electron chi connectivity index (χ4n) is 4.19. The molecule has 7 nitrogen and oxygen atoms in total. The smallest absolute Gasteiger partial charge is 0.178 e. The molecule has 1 aliphatic heterocycles. The van der Waals surface area contributed by atoms with Gasteiger partial charge in [-0.05, 0) is 36.8 Å². The molecule has 0 atom stereocenters. The Morgan fingerprint density at radius 2 is 1.79 bits per heavy atom. The molecule has 1 saturated heterocycles. The van der Waals surface area contributed by atoms with E-state index in [1.807, 2.05) is 39.3 Å². The van der Waals surface area contributed by atoms with Gasteiger partial charge in [-0.1, -0.05) is 0 Å². The third kappa shape index (κ3) is 3.38. The summed E-state index contributed by atoms with van der Waals surface area (Å²) in [6, 6.07) is 7.22. The fraction of sp³-hybridized carbons (Fsp3) is 0.217. The first kappa shape index (κ1) is 19.7. The number of halogens is 3. The molecule has 4 aromatic heterocycles. The van der Waals surface area contributed by atoms with Gasteiger partial charge in [0.2, 0.25) is 0 Å². The molecule has 1 aromatic carbocycles. The number of fused-ring (bicyclic) bond motifs is 2. The molecule has 0 bridgehead atoms. The Hall–Kier alpha value is -3.95. The van der Waals surface area contributed by atoms with Crippen molar-refractivity contribution in [1.29, 1.82) is 0 Å². The normalized spacial score (nSPS) is 14.4. The monoisotopic (exact) mass is 449 g/mol. The highest BCUT2D eigenvalue weighted by Gasteiger charge is 2.28. The van der Waals surface area contributed by atoms with Crippen LogP contribution in [0.25, 0.3) is 28.0 Å². The Labute approximate surface area is 186 Å². The Morgan fingerprint density at radius 3 is 2.55 bits per heavy atom. The zero-order chi connectivity index (χ0) is 22.7. The van der Waals surface area contributed by atoms with Crippen LogP contribution in [0.2, 0.25) is 0 Å². The lowest BCUT2D eigenvalue weighted by molar-refractivity contribution is 0.273. The quantitative estimate of drug-likeness (QED) is 0.416. The number of benzene rings is 1. The van der Waals surface area contributed by atoms with Crippen LogP contribution in [0.4, 0.5) is 19.0 Å². The van der Waals surface area contributed by atoms with E-state index in [4.69, 9.17) is 0 Å². The van der Waals surface area contributed by atoms with Gasteiger partial charge in [-0.25, -0.2) is 33.1 Å². The average molecular weight is 449 g/mol. The number of nitrogens with zero attached hydrogens (tertiary/aromatic N) is 7. The predicted octanol–water partition coefficient (Wildman–Crippen LogP) is 3.96. The molecule has 5 aromatic rings. The zero-order valence-electron chi connectivity index (χ0n) is 17.6. The summed E-state index contributed by atoms with van der Waals surface area (Å²) in [6.07, 6.45) is 4.35. The van der Waals surface area contributed by atoms with Crippen LogP contribution in [0.3, 0.4) is 0 Å². The molecule has 1 aliphatic rings. The first-order valence-corrected chi connectivity index (χ1v) is 10.5. The molecular formula is C23H18F3N7. The van der Waals surface area contributed by atoms with E-state index >= 15 is 0 Å². The van der Waals surface area contributed by atoms with Crippen LogP contribution >= 0.6 is 0 Å². The van der Waals surface area contributed by atoms with Crippen LogP contribution in [-0.2, 0) is 6.54 Å². The van der Waals surface area contributed by atoms with Crippen LogP contribution in [0.15, 0.2) is 48.9 Å². The Kier molecular flexibility index (Phi) is 4.36. The summed E-state index contributed by atoms with van der Waals surface area (Å²) in [5, 5.41) is 0. The minimum Gasteiger partial charge on any atom is -0.349 e. The Bertz CT molecular complexity index is 1500. The molecule has 33 heavy (non-hydrogen) atoms. The summed E-state index contributed by atoms with van der Waals surface area (Å²) in [6.45, 7) is 2.70. The van der Waals surface area contributed by atoms with E-state index in [-0.39, 0.29) is 6.54 Å². The highest BCUT2D eigenvalue weighted by Crippen LogP contribution is 2.26. The highest BCUT2D eigenvalue weighted by atomic mass is 19.1. The molecule has 166 valence electrons. The number of hydrogen-bond donors (Lipinski definition) is 0. The van der Waals surface area contributed by atoms with Gasteiger partial charge >= 0.3 is 0 Å². The summed E-state index contributed by atoms with van der Waals surface area (Å²) in [5.74, 6) is 0.0532. The lowest BCUT2D eigenvalue weighted by Gasteiger charge is -2.34. The van der Waals surface area contributed by atoms with Crippen LogP contribution < -0.4 is 4.90 Å². The maximum atomic E-state index is 13.7. The van der Waals surface area contributed by atoms with E-state index in [0.29, 0.717) is 47.1 Å². The van der Waals surface area contributed by atoms with Gasteiger partial charge in [-0.2, -0.15) is 0 Å². The lowest BCUT2D eigenvalue weighted by atomic mass is 10.2. The summed E-state index contributed by atoms with van der Waals surface area (Å²) in [4.78, 5) is 20.0. The topological polar surface area (TPSA) is 64.7 Å². The van der Waals surface area contributed by atoms with Gasteiger partial charge in [0.05, 0.1) is 36.7 Å². The van der Waals surface area contributed by atoms with Crippen molar-refractivity contribution in [2.45, 2.75) is 19.6 Å². The first-order chi connectivity index (χ1) is 15.9. The standard InChI is InChI=1S/C23H18F3N7/c1-13-29-22-20(33(13)10-14-4-15(24)6-16(25)5-14)7-18(8-28-22)32-3-2-19-23(32)30-21(9-27-19)31-11-17(26)12-31/h2-9,17H,10-12H2,1H3. The molecular weight excluding hydrogens is 431 g/mol. The van der Waals surface area contributed by atoms with Crippen molar-refractivity contribution in [3.63, 3.8) is 0 Å². The van der Waals surface area contributed by atoms with E-state index in [2.05, 4.69) is 19.9 Å². The van der Waals surface area contributed by atoms with E-state index in [1.54, 1.807) is 12.4 Å². The van der Waals surface area contributed by atoms with Gasteiger partial charge in [0.25, 0.3) is 0 Å². The van der Waals surface area contributed by atoms with Gasteiger partial charge in [0.15, 0.2) is 11.3 Å². The number of anilines is 1. The van der Waals surface area contributed by atoms with E-state index in [0.717, 1.165) is 17.3 Å². The maximum Gasteiger partial charge on any atom is 0.178 e. The van der Waals surface area contributed by atoms with Gasteiger partial charge in [-0.15, -0.1) is 0 Å². The summed E-state index contributed by atoms with van der Waals surface area (Å²) in [7, 11) is 0. The van der Waals surface area contributed by atoms with Gasteiger partial charge in [0.1, 0.15) is 35.0 Å². The number of imidazole rings is 1. The number of aromatic nitrogens is 6. The van der Waals surface area contributed by atoms with Crippen LogP contribution in [0.1, 0.15) is 11.4 Å². The van der Waals surface area contributed by atoms with Crippen LogP contribution in [-0.4, -0.2) is 48.3 Å². The summed E-state index contributed by atoms with van der Waals surface area (Å²) >= 11 is 0. The minimum atomic E-state index is -0.837. The van der Waals surface area contributed by atoms with Gasteiger partial charge < -0.3 is 9.47 Å². The fourth-order valence-corrected chi connectivity index (χ4v) is 4.19. The van der Waals surface area contributed by atoms with E-state index < -0.39 is 17.8 Å². The molecule has 0 N–H and O–H groups in total. The van der Waals surface area contributed by atoms with Crippen LogP contribution in [0, 0.1) is 18.6 Å². The second-order valence-corrected chi connectivity index (χ2v) is 8.18. The molecule has 10 heteroatoms. The molecule has 0 amide bonds. The van der Waals surface area contributed by atoms with Crippen molar-refractivity contribution in [2.75, 3.05) is 18.0 Å². The van der Waals surface area contributed by atoms with Crippen molar-refractivity contribution in [3.05, 3.63) is 71.9 Å². The first-order valence-electron chi connectivity index (χ1n) is 10.5. The third-order valence-corrected chi connectivity index (χ3v) is 5.86. The number of pyridine rings is 1. The van der Waals surface area contributed by atoms with Crippen molar-refractivity contribution in [2.24, 2.45) is 0 Å². The molecule has 0 unspecified atom stereocenters. The molecule has 0 spiro atoms. The Balaban J connectivity index is 1.43. The molecule has 1 fully saturated rings. The molecule has 6 rings (SSSR count). The van der Waals surface area contributed by atoms with Gasteiger partial charge in [-0.3, -0.25) is 4.57 Å². The second-order valence-electron chi connectivity index (χ2n) is 8.18. The minimum absolute atomic E-state index is 0.248. The molecule has 0 saturated carbocycles. The zero-order valence-corrected chi connectivity index (χ0v) is 17.6. The summed E-state index contributed by atoms with van der Waals surface area (Å²) < 4.78 is 44.4. The maximum absolute atomic E-state index is 13.7. The number of aryl methyl sites for hydroxylation is 1. The van der Waals surface area contributed by atoms with Crippen molar-refractivity contribution in [3.8, 4) is 5.69 Å². The second kappa shape index (κ2) is 7.29. The number of alkyl halides is 1. The Morgan fingerprint density at radius 1 is 1.00 bits per heavy atom. The molecule has 0 radical (unpaired) electrons. The van der Waals surface area contributed by atoms with Crippen LogP contribution in [0.5, 0.6) is 0 Å². The highest BCUT2D eigenvalue weighted by molar-refractivity contribution is 5.78. The predicted molar refractivity (Wildman–Crippen MR) is 117 cm³/mol. The van der Waals surface area contributed by atoms with E-state index in [9.17, 15) is 13.2 Å². The van der Waals surface area contributed by atoms with Crippen molar-refractivity contribution < 1.29 is 13.2 Å². The third-order valence-electron chi connectivity index (χ3n) is 5.86. The number of hydrogen-bond acceptors (Lipinski definition) is 5. The average Bonchev–Trinajstić information content (AvgIpc) is 3.31. The lowest BCUT2D eigenvalue weighted by Crippen LogP contribution is -2.48. The van der Waals surface area contributed by atoms with E-state index in [1.165, 1.54) is 12.1 Å². The largest absolute Gasteiger partial charge is 0.349 e. The number of rotatable bonds is 4. The SMILES string of the molecule is Cc1nc2ncc(-n3ccc4ncc(N5CC(F)C5)nc43)cc2n1Cc1cc(F)cc(F)c1. The molecule has 0 aliphatic carbocycles. The van der Waals surface area contributed by atoms with Crippen molar-refractivity contribution >= 4 is 28.1 Å². The van der Waals surface area contributed by atoms with Gasteiger partial charge in [0, 0.05) is 18.8 Å². The molecule has 5 heterocycles.